The van der Waals surface area contributed by atoms with Gasteiger partial charge in [0.05, 0.1) is 10.7 Å². The number of aromatic nitrogens is 1. The second-order valence-corrected chi connectivity index (χ2v) is 5.30. The fourth-order valence-electron chi connectivity index (χ4n) is 1.61. The van der Waals surface area contributed by atoms with E-state index >= 15 is 0 Å². The maximum atomic E-state index is 13.1. The number of hydrogen-bond acceptors (Lipinski definition) is 3. The highest BCUT2D eigenvalue weighted by atomic mass is 35.5. The SMILES string of the molecule is Cc1nc(Cc2cc(F)cc(Cl)c2)sc1C(=O)O. The van der Waals surface area contributed by atoms with Crippen molar-refractivity contribution in [2.45, 2.75) is 13.3 Å². The molecule has 94 valence electrons. The number of carbonyl (C=O) groups is 1. The van der Waals surface area contributed by atoms with E-state index < -0.39 is 11.8 Å². The Morgan fingerprint density at radius 2 is 2.22 bits per heavy atom. The third-order valence-electron chi connectivity index (χ3n) is 2.31. The van der Waals surface area contributed by atoms with E-state index in [2.05, 4.69) is 4.98 Å². The molecule has 18 heavy (non-hydrogen) atoms. The Kier molecular flexibility index (Phi) is 3.63. The predicted octanol–water partition coefficient (Wildman–Crippen LogP) is 3.53. The molecule has 0 saturated carbocycles. The van der Waals surface area contributed by atoms with Crippen molar-refractivity contribution in [3.63, 3.8) is 0 Å². The molecule has 0 saturated heterocycles. The number of carboxylic acids is 1. The van der Waals surface area contributed by atoms with Gasteiger partial charge in [0.2, 0.25) is 0 Å². The molecule has 1 aromatic carbocycles. The first-order valence-electron chi connectivity index (χ1n) is 5.10. The van der Waals surface area contributed by atoms with Crippen molar-refractivity contribution < 1.29 is 14.3 Å². The standard InChI is InChI=1S/C12H9ClFNO2S/c1-6-11(12(16)17)18-10(15-6)4-7-2-8(13)5-9(14)3-7/h2-3,5H,4H2,1H3,(H,16,17). The summed E-state index contributed by atoms with van der Waals surface area (Å²) in [6.45, 7) is 1.64. The summed E-state index contributed by atoms with van der Waals surface area (Å²) in [7, 11) is 0. The summed E-state index contributed by atoms with van der Waals surface area (Å²) in [5.74, 6) is -1.40. The van der Waals surface area contributed by atoms with Crippen LogP contribution in [0.2, 0.25) is 5.02 Å². The largest absolute Gasteiger partial charge is 0.477 e. The van der Waals surface area contributed by atoms with Gasteiger partial charge in [-0.2, -0.15) is 0 Å². The van der Waals surface area contributed by atoms with Crippen LogP contribution in [-0.4, -0.2) is 16.1 Å². The molecule has 0 aliphatic rings. The van der Waals surface area contributed by atoms with Gasteiger partial charge >= 0.3 is 5.97 Å². The number of rotatable bonds is 3. The first-order valence-corrected chi connectivity index (χ1v) is 6.29. The molecule has 1 aromatic heterocycles. The quantitative estimate of drug-likeness (QED) is 0.938. The Morgan fingerprint density at radius 1 is 1.50 bits per heavy atom. The number of aryl methyl sites for hydroxylation is 1. The molecule has 2 aromatic rings. The number of thiazole rings is 1. The van der Waals surface area contributed by atoms with E-state index in [0.717, 1.165) is 11.3 Å². The zero-order valence-electron chi connectivity index (χ0n) is 9.41. The highest BCUT2D eigenvalue weighted by Crippen LogP contribution is 2.22. The van der Waals surface area contributed by atoms with Crippen LogP contribution in [0, 0.1) is 12.7 Å². The Balaban J connectivity index is 2.28. The monoisotopic (exact) mass is 285 g/mol. The van der Waals surface area contributed by atoms with Crippen LogP contribution in [0.5, 0.6) is 0 Å². The molecule has 0 atom stereocenters. The first-order chi connectivity index (χ1) is 8.45. The van der Waals surface area contributed by atoms with E-state index in [1.165, 1.54) is 12.1 Å². The average Bonchev–Trinajstić information content (AvgIpc) is 2.57. The van der Waals surface area contributed by atoms with Crippen LogP contribution in [0.3, 0.4) is 0 Å². The molecule has 0 amide bonds. The Labute approximate surface area is 112 Å². The number of hydrogen-bond donors (Lipinski definition) is 1. The molecule has 3 nitrogen and oxygen atoms in total. The lowest BCUT2D eigenvalue weighted by molar-refractivity contribution is 0.0701. The minimum Gasteiger partial charge on any atom is -0.477 e. The second kappa shape index (κ2) is 5.04. The third-order valence-corrected chi connectivity index (χ3v) is 3.68. The molecule has 6 heteroatoms. The van der Waals surface area contributed by atoms with Crippen molar-refractivity contribution in [2.24, 2.45) is 0 Å². The van der Waals surface area contributed by atoms with Crippen molar-refractivity contribution in [2.75, 3.05) is 0 Å². The van der Waals surface area contributed by atoms with Crippen LogP contribution < -0.4 is 0 Å². The number of carboxylic acid groups (broad SMARTS) is 1. The number of halogens is 2. The highest BCUT2D eigenvalue weighted by molar-refractivity contribution is 7.13. The van der Waals surface area contributed by atoms with E-state index in [4.69, 9.17) is 16.7 Å². The average molecular weight is 286 g/mol. The van der Waals surface area contributed by atoms with E-state index in [0.29, 0.717) is 27.7 Å². The van der Waals surface area contributed by atoms with Gasteiger partial charge in [-0.3, -0.25) is 0 Å². The van der Waals surface area contributed by atoms with Gasteiger partial charge < -0.3 is 5.11 Å². The van der Waals surface area contributed by atoms with Crippen LogP contribution in [-0.2, 0) is 6.42 Å². The second-order valence-electron chi connectivity index (χ2n) is 3.78. The molecular weight excluding hydrogens is 277 g/mol. The topological polar surface area (TPSA) is 50.2 Å². The maximum absolute atomic E-state index is 13.1. The van der Waals surface area contributed by atoms with E-state index in [-0.39, 0.29) is 4.88 Å². The van der Waals surface area contributed by atoms with Gasteiger partial charge in [0, 0.05) is 11.4 Å². The summed E-state index contributed by atoms with van der Waals surface area (Å²) >= 11 is 6.85. The molecule has 1 N–H and O–H groups in total. The highest BCUT2D eigenvalue weighted by Gasteiger charge is 2.14. The molecule has 0 unspecified atom stereocenters. The van der Waals surface area contributed by atoms with Gasteiger partial charge in [0.15, 0.2) is 0 Å². The molecule has 2 rings (SSSR count). The number of nitrogens with zero attached hydrogens (tertiary/aromatic N) is 1. The maximum Gasteiger partial charge on any atom is 0.347 e. The fourth-order valence-corrected chi connectivity index (χ4v) is 2.80. The third kappa shape index (κ3) is 2.86. The van der Waals surface area contributed by atoms with E-state index in [1.807, 2.05) is 0 Å². The van der Waals surface area contributed by atoms with Gasteiger partial charge in [-0.1, -0.05) is 11.6 Å². The molecular formula is C12H9ClFNO2S. The Morgan fingerprint density at radius 3 is 2.78 bits per heavy atom. The molecule has 0 aliphatic carbocycles. The lowest BCUT2D eigenvalue weighted by atomic mass is 10.1. The molecule has 0 fully saturated rings. The van der Waals surface area contributed by atoms with Crippen LogP contribution in [0.15, 0.2) is 18.2 Å². The van der Waals surface area contributed by atoms with Gasteiger partial charge in [-0.25, -0.2) is 14.2 Å². The summed E-state index contributed by atoms with van der Waals surface area (Å²) in [6.07, 6.45) is 0.371. The fraction of sp³-hybridized carbons (Fsp3) is 0.167. The van der Waals surface area contributed by atoms with Gasteiger partial charge in [0.1, 0.15) is 10.7 Å². The number of benzene rings is 1. The summed E-state index contributed by atoms with van der Waals surface area (Å²) in [6, 6.07) is 4.23. The lowest BCUT2D eigenvalue weighted by Crippen LogP contribution is -1.94. The van der Waals surface area contributed by atoms with Crippen molar-refractivity contribution >= 4 is 28.9 Å². The smallest absolute Gasteiger partial charge is 0.347 e. The first kappa shape index (κ1) is 13.0. The molecule has 0 radical (unpaired) electrons. The van der Waals surface area contributed by atoms with Crippen LogP contribution in [0.25, 0.3) is 0 Å². The summed E-state index contributed by atoms with van der Waals surface area (Å²) in [5, 5.41) is 9.87. The van der Waals surface area contributed by atoms with E-state index in [9.17, 15) is 9.18 Å². The Bertz CT molecular complexity index is 592. The van der Waals surface area contributed by atoms with Gasteiger partial charge in [-0.05, 0) is 30.7 Å². The van der Waals surface area contributed by atoms with Crippen molar-refractivity contribution in [1.82, 2.24) is 4.98 Å². The zero-order chi connectivity index (χ0) is 13.3. The molecule has 0 bridgehead atoms. The van der Waals surface area contributed by atoms with Crippen LogP contribution >= 0.6 is 22.9 Å². The summed E-state index contributed by atoms with van der Waals surface area (Å²) in [4.78, 5) is 15.3. The van der Waals surface area contributed by atoms with Crippen LogP contribution in [0.1, 0.15) is 25.9 Å². The van der Waals surface area contributed by atoms with Crippen molar-refractivity contribution in [3.05, 3.63) is 50.2 Å². The Hall–Kier alpha value is -1.46. The normalized spacial score (nSPS) is 10.6. The molecule has 1 heterocycles. The summed E-state index contributed by atoms with van der Waals surface area (Å²) in [5.41, 5.74) is 1.15. The molecule has 0 aliphatic heterocycles. The lowest BCUT2D eigenvalue weighted by Gasteiger charge is -1.99. The van der Waals surface area contributed by atoms with Crippen molar-refractivity contribution in [1.29, 1.82) is 0 Å². The number of aromatic carboxylic acids is 1. The minimum absolute atomic E-state index is 0.215. The van der Waals surface area contributed by atoms with Crippen molar-refractivity contribution in [3.8, 4) is 0 Å². The van der Waals surface area contributed by atoms with E-state index in [1.54, 1.807) is 13.0 Å². The molecule has 0 spiro atoms. The zero-order valence-corrected chi connectivity index (χ0v) is 11.0. The predicted molar refractivity (Wildman–Crippen MR) is 68.0 cm³/mol. The van der Waals surface area contributed by atoms with Crippen LogP contribution in [0.4, 0.5) is 4.39 Å². The summed E-state index contributed by atoms with van der Waals surface area (Å²) < 4.78 is 13.1. The minimum atomic E-state index is -0.992. The van der Waals surface area contributed by atoms with Gasteiger partial charge in [0.25, 0.3) is 0 Å². The van der Waals surface area contributed by atoms with Gasteiger partial charge in [-0.15, -0.1) is 11.3 Å².